The van der Waals surface area contributed by atoms with E-state index in [1.165, 1.54) is 5.56 Å². The van der Waals surface area contributed by atoms with E-state index in [0.717, 1.165) is 33.5 Å². The average molecular weight is 277 g/mol. The molecule has 2 aromatic carbocycles. The summed E-state index contributed by atoms with van der Waals surface area (Å²) in [7, 11) is 2.07. The monoisotopic (exact) mass is 277 g/mol. The van der Waals surface area contributed by atoms with Gasteiger partial charge < -0.3 is 10.6 Å². The van der Waals surface area contributed by atoms with E-state index in [-0.39, 0.29) is 0 Å². The summed E-state index contributed by atoms with van der Waals surface area (Å²) in [6, 6.07) is 14.6. The Kier molecular flexibility index (Phi) is 3.26. The number of hydrogen-bond acceptors (Lipinski definition) is 3. The van der Waals surface area contributed by atoms with E-state index < -0.39 is 0 Å². The van der Waals surface area contributed by atoms with Crippen LogP contribution in [0.4, 0.5) is 17.1 Å². The van der Waals surface area contributed by atoms with Gasteiger partial charge in [-0.1, -0.05) is 17.7 Å². The van der Waals surface area contributed by atoms with Gasteiger partial charge in [0.2, 0.25) is 0 Å². The number of hydrogen-bond donors (Lipinski definition) is 1. The van der Waals surface area contributed by atoms with Gasteiger partial charge in [-0.3, -0.25) is 4.98 Å². The summed E-state index contributed by atoms with van der Waals surface area (Å²) in [5, 5.41) is 2.13. The van der Waals surface area contributed by atoms with Crippen LogP contribution in [0.5, 0.6) is 0 Å². The summed E-state index contributed by atoms with van der Waals surface area (Å²) in [5.41, 5.74) is 11.4. The van der Waals surface area contributed by atoms with Crippen LogP contribution in [0.3, 0.4) is 0 Å². The molecule has 3 aromatic rings. The number of aryl methyl sites for hydroxylation is 2. The van der Waals surface area contributed by atoms with Crippen molar-refractivity contribution in [2.45, 2.75) is 13.8 Å². The van der Waals surface area contributed by atoms with Crippen molar-refractivity contribution in [1.29, 1.82) is 0 Å². The van der Waals surface area contributed by atoms with Crippen LogP contribution in [-0.2, 0) is 0 Å². The molecule has 21 heavy (non-hydrogen) atoms. The second-order valence-electron chi connectivity index (χ2n) is 5.44. The number of nitrogen functional groups attached to an aromatic ring is 1. The number of anilines is 3. The van der Waals surface area contributed by atoms with Crippen molar-refractivity contribution >= 4 is 27.8 Å². The van der Waals surface area contributed by atoms with Crippen molar-refractivity contribution in [3.8, 4) is 0 Å². The molecule has 0 saturated heterocycles. The molecule has 0 aliphatic carbocycles. The Bertz CT molecular complexity index is 791. The predicted octanol–water partition coefficient (Wildman–Crippen LogP) is 4.20. The number of pyridine rings is 1. The second kappa shape index (κ2) is 5.09. The smallest absolute Gasteiger partial charge is 0.0490 e. The molecule has 0 aliphatic heterocycles. The van der Waals surface area contributed by atoms with E-state index in [9.17, 15) is 0 Å². The van der Waals surface area contributed by atoms with Crippen molar-refractivity contribution < 1.29 is 0 Å². The van der Waals surface area contributed by atoms with Crippen molar-refractivity contribution in [3.63, 3.8) is 0 Å². The fraction of sp³-hybridized carbons (Fsp3) is 0.167. The fourth-order valence-corrected chi connectivity index (χ4v) is 2.55. The quantitative estimate of drug-likeness (QED) is 0.714. The van der Waals surface area contributed by atoms with Crippen molar-refractivity contribution in [3.05, 3.63) is 59.9 Å². The number of aromatic nitrogens is 1. The Hall–Kier alpha value is -2.55. The topological polar surface area (TPSA) is 42.1 Å². The second-order valence-corrected chi connectivity index (χ2v) is 5.44. The molecule has 0 aliphatic rings. The molecular weight excluding hydrogens is 258 g/mol. The molecule has 0 unspecified atom stereocenters. The Balaban J connectivity index is 2.17. The SMILES string of the molecule is Cc1ccc(N(C)c2ccc(N)c3cnc(C)cc23)cc1. The van der Waals surface area contributed by atoms with Crippen LogP contribution in [0.1, 0.15) is 11.3 Å². The molecule has 2 N–H and O–H groups in total. The van der Waals surface area contributed by atoms with E-state index in [0.29, 0.717) is 0 Å². The molecule has 0 spiro atoms. The molecular formula is C18H19N3. The molecule has 0 atom stereocenters. The van der Waals surface area contributed by atoms with Gasteiger partial charge in [-0.15, -0.1) is 0 Å². The number of fused-ring (bicyclic) bond motifs is 1. The average Bonchev–Trinajstić information content (AvgIpc) is 2.47. The van der Waals surface area contributed by atoms with Crippen LogP contribution >= 0.6 is 0 Å². The molecule has 3 rings (SSSR count). The van der Waals surface area contributed by atoms with E-state index >= 15 is 0 Å². The minimum Gasteiger partial charge on any atom is -0.398 e. The Morgan fingerprint density at radius 1 is 0.952 bits per heavy atom. The van der Waals surface area contributed by atoms with Gasteiger partial charge >= 0.3 is 0 Å². The number of benzene rings is 2. The number of nitrogens with two attached hydrogens (primary N) is 1. The molecule has 0 fully saturated rings. The summed E-state index contributed by atoms with van der Waals surface area (Å²) in [5.74, 6) is 0. The Labute approximate surface area is 125 Å². The van der Waals surface area contributed by atoms with Crippen molar-refractivity contribution in [2.24, 2.45) is 0 Å². The lowest BCUT2D eigenvalue weighted by Gasteiger charge is -2.22. The van der Waals surface area contributed by atoms with Crippen molar-refractivity contribution in [1.82, 2.24) is 4.98 Å². The molecule has 3 heteroatoms. The number of rotatable bonds is 2. The third-order valence-corrected chi connectivity index (χ3v) is 3.83. The maximum atomic E-state index is 6.08. The van der Waals surface area contributed by atoms with E-state index in [1.807, 2.05) is 19.2 Å². The van der Waals surface area contributed by atoms with Gasteiger partial charge in [0, 0.05) is 46.8 Å². The van der Waals surface area contributed by atoms with Gasteiger partial charge in [-0.25, -0.2) is 0 Å². The van der Waals surface area contributed by atoms with E-state index in [4.69, 9.17) is 5.73 Å². The highest BCUT2D eigenvalue weighted by Gasteiger charge is 2.10. The van der Waals surface area contributed by atoms with Crippen molar-refractivity contribution in [2.75, 3.05) is 17.7 Å². The fourth-order valence-electron chi connectivity index (χ4n) is 2.55. The molecule has 0 radical (unpaired) electrons. The lowest BCUT2D eigenvalue weighted by Crippen LogP contribution is -2.10. The molecule has 106 valence electrons. The highest BCUT2D eigenvalue weighted by Crippen LogP contribution is 2.34. The molecule has 1 aromatic heterocycles. The normalized spacial score (nSPS) is 10.8. The van der Waals surface area contributed by atoms with Crippen LogP contribution < -0.4 is 10.6 Å². The third kappa shape index (κ3) is 2.42. The molecule has 0 amide bonds. The Morgan fingerprint density at radius 3 is 2.38 bits per heavy atom. The summed E-state index contributed by atoms with van der Waals surface area (Å²) in [6.07, 6.45) is 1.85. The summed E-state index contributed by atoms with van der Waals surface area (Å²) in [4.78, 5) is 6.54. The van der Waals surface area contributed by atoms with Gasteiger partial charge in [-0.05, 0) is 44.2 Å². The third-order valence-electron chi connectivity index (χ3n) is 3.83. The first-order chi connectivity index (χ1) is 10.1. The van der Waals surface area contributed by atoms with Gasteiger partial charge in [0.25, 0.3) is 0 Å². The van der Waals surface area contributed by atoms with E-state index in [2.05, 4.69) is 60.3 Å². The van der Waals surface area contributed by atoms with Crippen LogP contribution in [0.25, 0.3) is 10.8 Å². The summed E-state index contributed by atoms with van der Waals surface area (Å²) in [6.45, 7) is 4.09. The minimum absolute atomic E-state index is 0.763. The predicted molar refractivity (Wildman–Crippen MR) is 90.1 cm³/mol. The minimum atomic E-state index is 0.763. The van der Waals surface area contributed by atoms with Crippen LogP contribution in [-0.4, -0.2) is 12.0 Å². The van der Waals surface area contributed by atoms with Gasteiger partial charge in [0.1, 0.15) is 0 Å². The lowest BCUT2D eigenvalue weighted by atomic mass is 10.1. The molecule has 1 heterocycles. The standard InChI is InChI=1S/C18H19N3/c1-12-4-6-14(7-5-12)21(3)18-9-8-17(19)16-11-20-13(2)10-15(16)18/h4-11H,19H2,1-3H3. The van der Waals surface area contributed by atoms with Gasteiger partial charge in [-0.2, -0.15) is 0 Å². The maximum Gasteiger partial charge on any atom is 0.0490 e. The lowest BCUT2D eigenvalue weighted by molar-refractivity contribution is 1.20. The zero-order chi connectivity index (χ0) is 15.0. The molecule has 0 bridgehead atoms. The molecule has 3 nitrogen and oxygen atoms in total. The first-order valence-corrected chi connectivity index (χ1v) is 7.01. The first-order valence-electron chi connectivity index (χ1n) is 7.01. The largest absolute Gasteiger partial charge is 0.398 e. The summed E-state index contributed by atoms with van der Waals surface area (Å²) >= 11 is 0. The zero-order valence-electron chi connectivity index (χ0n) is 12.6. The van der Waals surface area contributed by atoms with Crippen LogP contribution in [0.15, 0.2) is 48.7 Å². The highest BCUT2D eigenvalue weighted by atomic mass is 15.1. The van der Waals surface area contributed by atoms with E-state index in [1.54, 1.807) is 0 Å². The molecule has 0 saturated carbocycles. The Morgan fingerprint density at radius 2 is 1.67 bits per heavy atom. The maximum absolute atomic E-state index is 6.08. The number of nitrogens with zero attached hydrogens (tertiary/aromatic N) is 2. The van der Waals surface area contributed by atoms with Crippen LogP contribution in [0.2, 0.25) is 0 Å². The summed E-state index contributed by atoms with van der Waals surface area (Å²) < 4.78 is 0. The highest BCUT2D eigenvalue weighted by molar-refractivity contribution is 6.02. The van der Waals surface area contributed by atoms with Gasteiger partial charge in [0.15, 0.2) is 0 Å². The first kappa shape index (κ1) is 13.4. The van der Waals surface area contributed by atoms with Crippen LogP contribution in [0, 0.1) is 13.8 Å². The van der Waals surface area contributed by atoms with Gasteiger partial charge in [0.05, 0.1) is 0 Å². The zero-order valence-corrected chi connectivity index (χ0v) is 12.6.